The standard InChI is InChI=1S/C22H32N2O3/c1-6-7-8-9-10-21(2,3)15-11-17(26)19-18(12-15)27-22(4,5)16-13-24(14-25)23-20(16)19/h11-13,25-26H,6-10,14H2,1-5H3. The molecular formula is C22H32N2O3. The lowest BCUT2D eigenvalue weighted by Gasteiger charge is -2.34. The monoisotopic (exact) mass is 372 g/mol. The van der Waals surface area contributed by atoms with Crippen LogP contribution in [-0.4, -0.2) is 20.0 Å². The third-order valence-electron chi connectivity index (χ3n) is 5.68. The van der Waals surface area contributed by atoms with Gasteiger partial charge in [0.1, 0.15) is 29.5 Å². The first-order valence-electron chi connectivity index (χ1n) is 9.95. The Hall–Kier alpha value is -2.01. The summed E-state index contributed by atoms with van der Waals surface area (Å²) in [5, 5.41) is 24.7. The number of unbranched alkanes of at least 4 members (excludes halogenated alkanes) is 3. The average Bonchev–Trinajstić information content (AvgIpc) is 3.03. The Kier molecular flexibility index (Phi) is 5.26. The van der Waals surface area contributed by atoms with Gasteiger partial charge in [-0.15, -0.1) is 0 Å². The molecule has 0 atom stereocenters. The topological polar surface area (TPSA) is 67.5 Å². The number of fused-ring (bicyclic) bond motifs is 3. The normalized spacial score (nSPS) is 15.2. The van der Waals surface area contributed by atoms with Crippen LogP contribution in [0, 0.1) is 0 Å². The number of aromatic hydroxyl groups is 1. The summed E-state index contributed by atoms with van der Waals surface area (Å²) in [6, 6.07) is 3.90. The van der Waals surface area contributed by atoms with Crippen molar-refractivity contribution in [2.24, 2.45) is 0 Å². The van der Waals surface area contributed by atoms with Crippen LogP contribution in [0.4, 0.5) is 0 Å². The summed E-state index contributed by atoms with van der Waals surface area (Å²) >= 11 is 0. The van der Waals surface area contributed by atoms with E-state index in [0.29, 0.717) is 17.0 Å². The number of phenolic OH excluding ortho intramolecular Hbond substituents is 1. The number of benzene rings is 1. The van der Waals surface area contributed by atoms with E-state index in [1.165, 1.54) is 30.4 Å². The minimum atomic E-state index is -0.577. The van der Waals surface area contributed by atoms with Crippen molar-refractivity contribution in [3.63, 3.8) is 0 Å². The molecule has 2 aromatic rings. The van der Waals surface area contributed by atoms with E-state index in [-0.39, 0.29) is 17.9 Å². The SMILES string of the molecule is CCCCCCC(C)(C)c1cc(O)c2c(c1)OC(C)(C)c1cn(CO)nc1-2. The highest BCUT2D eigenvalue weighted by Gasteiger charge is 2.38. The van der Waals surface area contributed by atoms with Gasteiger partial charge in [-0.1, -0.05) is 46.5 Å². The fourth-order valence-electron chi connectivity index (χ4n) is 3.90. The summed E-state index contributed by atoms with van der Waals surface area (Å²) in [5.41, 5.74) is 2.62. The van der Waals surface area contributed by atoms with Gasteiger partial charge in [0, 0.05) is 11.8 Å². The molecule has 27 heavy (non-hydrogen) atoms. The molecule has 0 amide bonds. The Morgan fingerprint density at radius 2 is 1.93 bits per heavy atom. The minimum Gasteiger partial charge on any atom is -0.507 e. The van der Waals surface area contributed by atoms with Crippen molar-refractivity contribution in [2.45, 2.75) is 84.5 Å². The van der Waals surface area contributed by atoms with E-state index in [9.17, 15) is 10.2 Å². The van der Waals surface area contributed by atoms with Crippen LogP contribution < -0.4 is 4.74 Å². The third kappa shape index (κ3) is 3.70. The summed E-state index contributed by atoms with van der Waals surface area (Å²) in [6.45, 7) is 10.4. The molecule has 0 saturated carbocycles. The number of ether oxygens (including phenoxy) is 1. The zero-order valence-electron chi connectivity index (χ0n) is 17.2. The average molecular weight is 373 g/mol. The number of aromatic nitrogens is 2. The van der Waals surface area contributed by atoms with Gasteiger partial charge in [0.25, 0.3) is 0 Å². The van der Waals surface area contributed by atoms with Crippen molar-refractivity contribution in [1.82, 2.24) is 9.78 Å². The van der Waals surface area contributed by atoms with Gasteiger partial charge in [0.15, 0.2) is 0 Å². The number of rotatable bonds is 7. The van der Waals surface area contributed by atoms with Gasteiger partial charge in [-0.05, 0) is 43.4 Å². The van der Waals surface area contributed by atoms with E-state index in [1.54, 1.807) is 6.20 Å². The molecule has 2 N–H and O–H groups in total. The molecule has 0 unspecified atom stereocenters. The molecule has 5 nitrogen and oxygen atoms in total. The van der Waals surface area contributed by atoms with Gasteiger partial charge in [0.2, 0.25) is 0 Å². The predicted molar refractivity (Wildman–Crippen MR) is 107 cm³/mol. The number of hydrogen-bond donors (Lipinski definition) is 2. The van der Waals surface area contributed by atoms with Crippen LogP contribution >= 0.6 is 0 Å². The van der Waals surface area contributed by atoms with Crippen LogP contribution in [0.3, 0.4) is 0 Å². The van der Waals surface area contributed by atoms with Crippen molar-refractivity contribution in [3.05, 3.63) is 29.5 Å². The maximum absolute atomic E-state index is 10.8. The number of aliphatic hydroxyl groups is 1. The van der Waals surface area contributed by atoms with Crippen molar-refractivity contribution >= 4 is 0 Å². The molecule has 0 aliphatic carbocycles. The number of hydrogen-bond acceptors (Lipinski definition) is 4. The molecule has 1 aliphatic rings. The zero-order valence-corrected chi connectivity index (χ0v) is 17.2. The molecule has 1 aliphatic heterocycles. The summed E-state index contributed by atoms with van der Waals surface area (Å²) in [7, 11) is 0. The van der Waals surface area contributed by atoms with E-state index in [2.05, 4.69) is 31.9 Å². The van der Waals surface area contributed by atoms with E-state index in [1.807, 2.05) is 19.9 Å². The lowest BCUT2D eigenvalue weighted by atomic mass is 9.78. The van der Waals surface area contributed by atoms with E-state index < -0.39 is 5.60 Å². The van der Waals surface area contributed by atoms with E-state index in [0.717, 1.165) is 17.5 Å². The van der Waals surface area contributed by atoms with Crippen LogP contribution in [-0.2, 0) is 17.7 Å². The first-order valence-corrected chi connectivity index (χ1v) is 9.95. The summed E-state index contributed by atoms with van der Waals surface area (Å²) in [5.74, 6) is 0.844. The molecule has 5 heteroatoms. The molecular weight excluding hydrogens is 340 g/mol. The fourth-order valence-corrected chi connectivity index (χ4v) is 3.90. The van der Waals surface area contributed by atoms with E-state index >= 15 is 0 Å². The van der Waals surface area contributed by atoms with Crippen LogP contribution in [0.25, 0.3) is 11.3 Å². The number of phenols is 1. The second kappa shape index (κ2) is 7.19. The minimum absolute atomic E-state index is 0.0432. The van der Waals surface area contributed by atoms with Gasteiger partial charge >= 0.3 is 0 Å². The molecule has 148 valence electrons. The lowest BCUT2D eigenvalue weighted by Crippen LogP contribution is -2.29. The van der Waals surface area contributed by atoms with Crippen molar-refractivity contribution in [2.75, 3.05) is 0 Å². The lowest BCUT2D eigenvalue weighted by molar-refractivity contribution is 0.104. The molecule has 2 heterocycles. The second-order valence-corrected chi connectivity index (χ2v) is 8.75. The number of aliphatic hydroxyl groups excluding tert-OH is 1. The maximum atomic E-state index is 10.8. The largest absolute Gasteiger partial charge is 0.507 e. The zero-order chi connectivity index (χ0) is 19.8. The van der Waals surface area contributed by atoms with Gasteiger partial charge in [-0.2, -0.15) is 5.10 Å². The molecule has 0 saturated heterocycles. The number of nitrogens with zero attached hydrogens (tertiary/aromatic N) is 2. The van der Waals surface area contributed by atoms with Crippen molar-refractivity contribution < 1.29 is 14.9 Å². The Bertz CT molecular complexity index is 821. The Labute approximate surface area is 162 Å². The van der Waals surface area contributed by atoms with Gasteiger partial charge in [-0.25, -0.2) is 4.68 Å². The summed E-state index contributed by atoms with van der Waals surface area (Å²) < 4.78 is 7.74. The Balaban J connectivity index is 1.99. The Morgan fingerprint density at radius 1 is 1.19 bits per heavy atom. The first-order chi connectivity index (χ1) is 12.7. The molecule has 0 fully saturated rings. The second-order valence-electron chi connectivity index (χ2n) is 8.75. The van der Waals surface area contributed by atoms with Crippen molar-refractivity contribution in [3.8, 4) is 22.8 Å². The molecule has 1 aromatic heterocycles. The van der Waals surface area contributed by atoms with Crippen LogP contribution in [0.5, 0.6) is 11.5 Å². The predicted octanol–water partition coefficient (Wildman–Crippen LogP) is 5.08. The fraction of sp³-hybridized carbons (Fsp3) is 0.591. The van der Waals surface area contributed by atoms with E-state index in [4.69, 9.17) is 4.74 Å². The summed E-state index contributed by atoms with van der Waals surface area (Å²) in [6.07, 6.45) is 7.76. The van der Waals surface area contributed by atoms with Crippen molar-refractivity contribution in [1.29, 1.82) is 0 Å². The molecule has 0 bridgehead atoms. The first kappa shape index (κ1) is 19.7. The molecule has 0 radical (unpaired) electrons. The van der Waals surface area contributed by atoms with Gasteiger partial charge < -0.3 is 14.9 Å². The summed E-state index contributed by atoms with van der Waals surface area (Å²) in [4.78, 5) is 0. The quantitative estimate of drug-likeness (QED) is 0.665. The highest BCUT2D eigenvalue weighted by molar-refractivity contribution is 5.79. The van der Waals surface area contributed by atoms with Crippen LogP contribution in [0.15, 0.2) is 18.3 Å². The Morgan fingerprint density at radius 3 is 2.59 bits per heavy atom. The molecule has 0 spiro atoms. The highest BCUT2D eigenvalue weighted by atomic mass is 16.5. The maximum Gasteiger partial charge on any atom is 0.136 e. The smallest absolute Gasteiger partial charge is 0.136 e. The third-order valence-corrected chi connectivity index (χ3v) is 5.68. The molecule has 1 aromatic carbocycles. The van der Waals surface area contributed by atoms with Crippen LogP contribution in [0.2, 0.25) is 0 Å². The molecule has 3 rings (SSSR count). The van der Waals surface area contributed by atoms with Gasteiger partial charge in [-0.3, -0.25) is 0 Å². The van der Waals surface area contributed by atoms with Crippen LogP contribution in [0.1, 0.15) is 77.8 Å². The highest BCUT2D eigenvalue weighted by Crippen LogP contribution is 2.50. The van der Waals surface area contributed by atoms with Gasteiger partial charge in [0.05, 0.1) is 5.56 Å².